The number of nitrogens with one attached hydrogen (secondary N) is 3. The van der Waals surface area contributed by atoms with Gasteiger partial charge in [0.05, 0.1) is 17.3 Å². The highest BCUT2D eigenvalue weighted by atomic mass is 16.6. The molecule has 4 aromatic rings. The molecule has 3 aromatic carbocycles. The molecule has 9 heteroatoms. The first-order valence-corrected chi connectivity index (χ1v) is 16.1. The second kappa shape index (κ2) is 16.2. The van der Waals surface area contributed by atoms with Crippen LogP contribution in [0.3, 0.4) is 0 Å². The lowest BCUT2D eigenvalue weighted by Gasteiger charge is -2.31. The largest absolute Gasteiger partial charge is 0.506 e. The smallest absolute Gasteiger partial charge is 0.411 e. The molecule has 1 amide bonds. The molecular formula is C36H44N4O5. The Morgan fingerprint density at radius 2 is 1.64 bits per heavy atom. The number of amides is 1. The summed E-state index contributed by atoms with van der Waals surface area (Å²) in [4.78, 5) is 29.4. The predicted molar refractivity (Wildman–Crippen MR) is 179 cm³/mol. The number of hydrogen-bond donors (Lipinski definition) is 5. The van der Waals surface area contributed by atoms with Gasteiger partial charge in [0.1, 0.15) is 11.9 Å². The molecule has 1 fully saturated rings. The Balaban J connectivity index is 0.912. The standard InChI is InChI=1S/C36H44N4O5/c41-32-17-15-29(30-16-18-34(43)39-35(30)32)33(42)25-37-21-9-2-1-3-10-22-40-23-19-27(20-24-40)45-36(44)38-31-14-8-7-13-28(31)26-11-5-4-6-12-26/h4-8,11-18,27,33,37,41-42H,1-3,9-10,19-25H2,(H,38,44)(H,39,43). The van der Waals surface area contributed by atoms with Gasteiger partial charge in [0, 0.05) is 36.7 Å². The molecule has 1 aliphatic heterocycles. The van der Waals surface area contributed by atoms with Gasteiger partial charge in [-0.15, -0.1) is 0 Å². The number of pyridine rings is 1. The van der Waals surface area contributed by atoms with Gasteiger partial charge in [-0.05, 0) is 68.1 Å². The molecule has 1 aliphatic rings. The topological polar surface area (TPSA) is 127 Å². The zero-order chi connectivity index (χ0) is 31.4. The van der Waals surface area contributed by atoms with E-state index in [1.54, 1.807) is 12.1 Å². The molecule has 0 saturated carbocycles. The second-order valence-corrected chi connectivity index (χ2v) is 11.8. The summed E-state index contributed by atoms with van der Waals surface area (Å²) in [6.07, 6.45) is 6.18. The number of nitrogens with zero attached hydrogens (tertiary/aromatic N) is 1. The van der Waals surface area contributed by atoms with E-state index in [2.05, 4.69) is 20.5 Å². The van der Waals surface area contributed by atoms with Gasteiger partial charge >= 0.3 is 6.09 Å². The van der Waals surface area contributed by atoms with Crippen molar-refractivity contribution in [1.29, 1.82) is 0 Å². The van der Waals surface area contributed by atoms with E-state index in [9.17, 15) is 19.8 Å². The molecule has 5 rings (SSSR count). The number of rotatable bonds is 14. The van der Waals surface area contributed by atoms with Gasteiger partial charge in [-0.1, -0.05) is 73.9 Å². The molecule has 5 N–H and O–H groups in total. The Morgan fingerprint density at radius 1 is 0.911 bits per heavy atom. The quantitative estimate of drug-likeness (QED) is 0.108. The summed E-state index contributed by atoms with van der Waals surface area (Å²) < 4.78 is 5.77. The first-order chi connectivity index (χ1) is 22.0. The van der Waals surface area contributed by atoms with Crippen LogP contribution >= 0.6 is 0 Å². The number of anilines is 1. The highest BCUT2D eigenvalue weighted by Crippen LogP contribution is 2.29. The van der Waals surface area contributed by atoms with Crippen molar-refractivity contribution in [2.24, 2.45) is 0 Å². The third kappa shape index (κ3) is 9.17. The van der Waals surface area contributed by atoms with Crippen LogP contribution < -0.4 is 16.2 Å². The van der Waals surface area contributed by atoms with E-state index < -0.39 is 12.2 Å². The minimum Gasteiger partial charge on any atom is -0.506 e. The van der Waals surface area contributed by atoms with E-state index in [1.165, 1.54) is 25.0 Å². The SMILES string of the molecule is O=C(Nc1ccccc1-c1ccccc1)OC1CCN(CCCCCCCNCC(O)c2ccc(O)c3[nH]c(=O)ccc23)CC1. The van der Waals surface area contributed by atoms with Crippen LogP contribution in [0, 0.1) is 0 Å². The molecule has 0 radical (unpaired) electrons. The fourth-order valence-corrected chi connectivity index (χ4v) is 6.02. The van der Waals surface area contributed by atoms with Crippen molar-refractivity contribution in [3.63, 3.8) is 0 Å². The number of carbonyl (C=O) groups excluding carboxylic acids is 1. The van der Waals surface area contributed by atoms with Gasteiger partial charge in [0.15, 0.2) is 0 Å². The first-order valence-electron chi connectivity index (χ1n) is 16.1. The summed E-state index contributed by atoms with van der Waals surface area (Å²) in [6.45, 7) is 4.18. The van der Waals surface area contributed by atoms with Crippen LogP contribution in [0.25, 0.3) is 22.0 Å². The van der Waals surface area contributed by atoms with E-state index in [1.807, 2.05) is 54.6 Å². The van der Waals surface area contributed by atoms with Gasteiger partial charge in [0.25, 0.3) is 0 Å². The zero-order valence-corrected chi connectivity index (χ0v) is 25.7. The number of ether oxygens (including phenoxy) is 1. The van der Waals surface area contributed by atoms with Crippen molar-refractivity contribution in [3.8, 4) is 16.9 Å². The fourth-order valence-electron chi connectivity index (χ4n) is 6.02. The van der Waals surface area contributed by atoms with E-state index in [-0.39, 0.29) is 17.4 Å². The Hall–Kier alpha value is -4.18. The summed E-state index contributed by atoms with van der Waals surface area (Å²) in [7, 11) is 0. The number of aliphatic hydroxyl groups is 1. The Kier molecular flexibility index (Phi) is 11.6. The number of phenolic OH excluding ortho intramolecular Hbond substituents is 1. The molecule has 0 aliphatic carbocycles. The molecule has 1 atom stereocenters. The summed E-state index contributed by atoms with van der Waals surface area (Å²) in [5, 5.41) is 27.6. The molecule has 9 nitrogen and oxygen atoms in total. The van der Waals surface area contributed by atoms with Crippen LogP contribution in [0.2, 0.25) is 0 Å². The number of unbranched alkanes of at least 4 members (excludes halogenated alkanes) is 4. The number of carbonyl (C=O) groups is 1. The number of piperidine rings is 1. The Bertz CT molecular complexity index is 1580. The van der Waals surface area contributed by atoms with Gasteiger partial charge in [0.2, 0.25) is 5.56 Å². The lowest BCUT2D eigenvalue weighted by atomic mass is 10.0. The number of aromatic amines is 1. The molecule has 1 unspecified atom stereocenters. The van der Waals surface area contributed by atoms with Crippen LogP contribution in [-0.4, -0.2) is 65.0 Å². The van der Waals surface area contributed by atoms with Gasteiger partial charge in [-0.3, -0.25) is 10.1 Å². The monoisotopic (exact) mass is 612 g/mol. The number of aliphatic hydroxyl groups excluding tert-OH is 1. The number of aromatic hydroxyl groups is 1. The highest BCUT2D eigenvalue weighted by molar-refractivity contribution is 5.91. The normalized spacial score (nSPS) is 14.8. The zero-order valence-electron chi connectivity index (χ0n) is 25.7. The third-order valence-electron chi connectivity index (χ3n) is 8.49. The summed E-state index contributed by atoms with van der Waals surface area (Å²) in [5.41, 5.74) is 3.51. The predicted octanol–water partition coefficient (Wildman–Crippen LogP) is 6.19. The Labute approximate surface area is 264 Å². The van der Waals surface area contributed by atoms with Crippen molar-refractivity contribution in [1.82, 2.24) is 15.2 Å². The van der Waals surface area contributed by atoms with Crippen molar-refractivity contribution in [2.45, 2.75) is 57.2 Å². The number of benzene rings is 3. The van der Waals surface area contributed by atoms with Crippen LogP contribution in [-0.2, 0) is 4.74 Å². The number of likely N-dealkylation sites (tertiary alicyclic amines) is 1. The van der Waals surface area contributed by atoms with Crippen LogP contribution in [0.15, 0.2) is 83.7 Å². The maximum absolute atomic E-state index is 12.7. The van der Waals surface area contributed by atoms with Gasteiger partial charge in [-0.25, -0.2) is 4.79 Å². The number of para-hydroxylation sites is 1. The average molecular weight is 613 g/mol. The molecule has 1 aromatic heterocycles. The van der Waals surface area contributed by atoms with Crippen LogP contribution in [0.5, 0.6) is 5.75 Å². The summed E-state index contributed by atoms with van der Waals surface area (Å²) in [6, 6.07) is 24.0. The maximum Gasteiger partial charge on any atom is 0.411 e. The Morgan fingerprint density at radius 3 is 2.47 bits per heavy atom. The van der Waals surface area contributed by atoms with Crippen molar-refractivity contribution >= 4 is 22.7 Å². The molecule has 1 saturated heterocycles. The number of phenols is 1. The van der Waals surface area contributed by atoms with E-state index in [0.717, 1.165) is 75.1 Å². The highest BCUT2D eigenvalue weighted by Gasteiger charge is 2.22. The lowest BCUT2D eigenvalue weighted by Crippen LogP contribution is -2.38. The minimum absolute atomic E-state index is 0.00773. The summed E-state index contributed by atoms with van der Waals surface area (Å²) in [5.74, 6) is -0.00773. The molecule has 2 heterocycles. The second-order valence-electron chi connectivity index (χ2n) is 11.8. The fraction of sp³-hybridized carbons (Fsp3) is 0.389. The molecule has 0 bridgehead atoms. The number of aromatic nitrogens is 1. The van der Waals surface area contributed by atoms with Crippen molar-refractivity contribution < 1.29 is 19.7 Å². The molecule has 0 spiro atoms. The molecule has 238 valence electrons. The van der Waals surface area contributed by atoms with E-state index >= 15 is 0 Å². The van der Waals surface area contributed by atoms with Crippen LogP contribution in [0.1, 0.15) is 56.6 Å². The third-order valence-corrected chi connectivity index (χ3v) is 8.49. The summed E-state index contributed by atoms with van der Waals surface area (Å²) >= 11 is 0. The number of hydrogen-bond acceptors (Lipinski definition) is 7. The van der Waals surface area contributed by atoms with Crippen molar-refractivity contribution in [2.75, 3.05) is 38.0 Å². The maximum atomic E-state index is 12.7. The minimum atomic E-state index is -0.737. The average Bonchev–Trinajstić information content (AvgIpc) is 3.05. The van der Waals surface area contributed by atoms with E-state index in [0.29, 0.717) is 23.0 Å². The van der Waals surface area contributed by atoms with E-state index in [4.69, 9.17) is 4.74 Å². The molecule has 45 heavy (non-hydrogen) atoms. The number of fused-ring (bicyclic) bond motifs is 1. The first kappa shape index (κ1) is 32.2. The number of H-pyrrole nitrogens is 1. The van der Waals surface area contributed by atoms with Gasteiger partial charge < -0.3 is 30.2 Å². The van der Waals surface area contributed by atoms with Gasteiger partial charge in [-0.2, -0.15) is 0 Å². The lowest BCUT2D eigenvalue weighted by molar-refractivity contribution is 0.0584. The van der Waals surface area contributed by atoms with Crippen molar-refractivity contribution in [3.05, 3.63) is 94.8 Å². The van der Waals surface area contributed by atoms with Crippen LogP contribution in [0.4, 0.5) is 10.5 Å². The molecular weight excluding hydrogens is 568 g/mol.